The minimum absolute atomic E-state index is 0.155. The first-order valence-corrected chi connectivity index (χ1v) is 20.2. The Hall–Kier alpha value is -3.64. The van der Waals surface area contributed by atoms with Crippen LogP contribution < -0.4 is 0 Å². The molecular formula is C43H54O9S. The number of aliphatic hydroxyl groups is 1. The fourth-order valence-corrected chi connectivity index (χ4v) is 8.80. The van der Waals surface area contributed by atoms with Crippen LogP contribution >= 0.6 is 0 Å². The maximum Gasteiger partial charge on any atom is 0.302 e. The molecule has 0 saturated carbocycles. The van der Waals surface area contributed by atoms with Gasteiger partial charge in [-0.05, 0) is 41.5 Å². The summed E-state index contributed by atoms with van der Waals surface area (Å²) in [5, 5.41) is 10.2. The number of carbonyl (C=O) groups excluding carboxylic acids is 1. The predicted octanol–water partition coefficient (Wildman–Crippen LogP) is 6.89. The van der Waals surface area contributed by atoms with Crippen molar-refractivity contribution in [3.8, 4) is 0 Å². The van der Waals surface area contributed by atoms with E-state index in [1.54, 1.807) is 36.4 Å². The van der Waals surface area contributed by atoms with Crippen molar-refractivity contribution in [3.63, 3.8) is 0 Å². The van der Waals surface area contributed by atoms with Crippen molar-refractivity contribution < 1.29 is 42.0 Å². The number of rotatable bonds is 18. The third kappa shape index (κ3) is 11.4. The molecule has 0 bridgehead atoms. The second kappa shape index (κ2) is 19.6. The zero-order valence-corrected chi connectivity index (χ0v) is 31.8. The Labute approximate surface area is 314 Å². The minimum atomic E-state index is -3.67. The molecule has 286 valence electrons. The van der Waals surface area contributed by atoms with Crippen LogP contribution in [0.3, 0.4) is 0 Å². The van der Waals surface area contributed by atoms with E-state index in [0.717, 1.165) is 11.1 Å². The largest absolute Gasteiger partial charge is 0.462 e. The second-order valence-corrected chi connectivity index (χ2v) is 16.3. The molecule has 2 heterocycles. The number of hydrogen-bond donors (Lipinski definition) is 1. The van der Waals surface area contributed by atoms with Crippen LogP contribution in [0.25, 0.3) is 0 Å². The number of sulfone groups is 1. The number of ether oxygens (including phenoxy) is 5. The Bertz CT molecular complexity index is 1700. The molecule has 10 heteroatoms. The summed E-state index contributed by atoms with van der Waals surface area (Å²) < 4.78 is 59.6. The van der Waals surface area contributed by atoms with E-state index in [-0.39, 0.29) is 47.7 Å². The van der Waals surface area contributed by atoms with Gasteiger partial charge in [0.15, 0.2) is 9.84 Å². The van der Waals surface area contributed by atoms with Crippen LogP contribution in [-0.4, -0.2) is 74.6 Å². The zero-order valence-electron chi connectivity index (χ0n) is 30.9. The molecule has 0 aromatic heterocycles. The summed E-state index contributed by atoms with van der Waals surface area (Å²) in [6.45, 7) is 9.85. The van der Waals surface area contributed by atoms with Crippen molar-refractivity contribution in [3.05, 3.63) is 127 Å². The van der Waals surface area contributed by atoms with Gasteiger partial charge in [0.05, 0.1) is 67.1 Å². The van der Waals surface area contributed by atoms with Gasteiger partial charge in [0.1, 0.15) is 6.10 Å². The Morgan fingerprint density at radius 2 is 1.55 bits per heavy atom. The number of carbonyl (C=O) groups is 1. The Morgan fingerprint density at radius 1 is 0.925 bits per heavy atom. The van der Waals surface area contributed by atoms with E-state index >= 15 is 0 Å². The average molecular weight is 747 g/mol. The van der Waals surface area contributed by atoms with Crippen molar-refractivity contribution in [1.82, 2.24) is 0 Å². The third-order valence-corrected chi connectivity index (χ3v) is 12.2. The lowest BCUT2D eigenvalue weighted by Gasteiger charge is -2.44. The van der Waals surface area contributed by atoms with Crippen molar-refractivity contribution in [2.24, 2.45) is 17.8 Å². The van der Waals surface area contributed by atoms with Gasteiger partial charge in [0.25, 0.3) is 0 Å². The first kappa shape index (κ1) is 40.5. The van der Waals surface area contributed by atoms with E-state index in [1.165, 1.54) is 6.92 Å². The summed E-state index contributed by atoms with van der Waals surface area (Å²) >= 11 is 0. The number of hydrogen-bond acceptors (Lipinski definition) is 9. The van der Waals surface area contributed by atoms with Crippen LogP contribution in [0.5, 0.6) is 0 Å². The molecule has 2 aliphatic rings. The van der Waals surface area contributed by atoms with Gasteiger partial charge in [-0.25, -0.2) is 8.42 Å². The van der Waals surface area contributed by atoms with Crippen LogP contribution in [0.4, 0.5) is 0 Å². The van der Waals surface area contributed by atoms with Crippen LogP contribution in [0.15, 0.2) is 121 Å². The summed E-state index contributed by atoms with van der Waals surface area (Å²) in [6, 6.07) is 28.1. The normalized spacial score (nSPS) is 25.3. The quantitative estimate of drug-likeness (QED) is 0.110. The fourth-order valence-electron chi connectivity index (χ4n) is 7.23. The lowest BCUT2D eigenvalue weighted by molar-refractivity contribution is -0.215. The molecule has 0 radical (unpaired) electrons. The summed E-state index contributed by atoms with van der Waals surface area (Å²) in [6.07, 6.45) is 3.65. The smallest absolute Gasteiger partial charge is 0.302 e. The lowest BCUT2D eigenvalue weighted by Crippen LogP contribution is -2.53. The van der Waals surface area contributed by atoms with Crippen molar-refractivity contribution >= 4 is 15.8 Å². The second-order valence-electron chi connectivity index (χ2n) is 14.2. The molecule has 3 aromatic rings. The SMILES string of the molecule is C=CC[C@@H]1O[C@@H]2[C@@H](CS(=O)(=O)c3ccccc3)C=C[C@@H]([C@@H](C)[C@H](C)C(C[C@@H](CO)OCc3ccccc3)OC(C)=O)O[C@H]2C[C@H]1OCc1ccccc1. The Balaban J connectivity index is 1.39. The molecule has 10 atom stereocenters. The zero-order chi connectivity index (χ0) is 37.8. The molecule has 0 spiro atoms. The summed E-state index contributed by atoms with van der Waals surface area (Å²) in [5.41, 5.74) is 2.01. The van der Waals surface area contributed by atoms with E-state index in [1.807, 2.05) is 86.7 Å². The average Bonchev–Trinajstić information content (AvgIpc) is 3.34. The highest BCUT2D eigenvalue weighted by molar-refractivity contribution is 7.91. The molecule has 0 amide bonds. The number of aliphatic hydroxyl groups excluding tert-OH is 1. The summed E-state index contributed by atoms with van der Waals surface area (Å²) in [4.78, 5) is 12.6. The van der Waals surface area contributed by atoms with Gasteiger partial charge in [-0.3, -0.25) is 4.79 Å². The highest BCUT2D eigenvalue weighted by Gasteiger charge is 2.46. The number of benzene rings is 3. The Kier molecular flexibility index (Phi) is 15.0. The molecule has 5 rings (SSSR count). The van der Waals surface area contributed by atoms with Gasteiger partial charge < -0.3 is 28.8 Å². The number of esters is 1. The summed E-state index contributed by atoms with van der Waals surface area (Å²) in [7, 11) is -3.67. The molecule has 2 aliphatic heterocycles. The fraction of sp³-hybridized carbons (Fsp3) is 0.465. The first-order valence-electron chi connectivity index (χ1n) is 18.5. The maximum absolute atomic E-state index is 13.8. The van der Waals surface area contributed by atoms with E-state index in [4.69, 9.17) is 23.7 Å². The van der Waals surface area contributed by atoms with Crippen molar-refractivity contribution in [2.45, 2.75) is 101 Å². The van der Waals surface area contributed by atoms with Crippen molar-refractivity contribution in [2.75, 3.05) is 12.4 Å². The standard InChI is InChI=1S/C43H54O9S/c1-5-15-39-41(49-28-34-18-11-7-12-19-34)25-42-43(52-39)35(29-53(46,47)37-20-13-8-14-21-37)22-23-38(51-42)30(2)31(3)40(50-32(4)45)24-36(26-44)48-27-33-16-9-6-10-17-33/h5-14,16-23,30-31,35-36,38-44H,1,15,24-29H2,2-4H3/t30-,31-,35+,36-,38-,39-,40?,41+,42-,43+/m0/s1. The third-order valence-electron chi connectivity index (χ3n) is 10.4. The molecule has 3 aromatic carbocycles. The van der Waals surface area contributed by atoms with Gasteiger partial charge in [-0.1, -0.05) is 111 Å². The highest BCUT2D eigenvalue weighted by Crippen LogP contribution is 2.38. The van der Waals surface area contributed by atoms with E-state index < -0.39 is 52.2 Å². The monoisotopic (exact) mass is 746 g/mol. The van der Waals surface area contributed by atoms with Crippen molar-refractivity contribution in [1.29, 1.82) is 0 Å². The van der Waals surface area contributed by atoms with Gasteiger partial charge in [0.2, 0.25) is 0 Å². The maximum atomic E-state index is 13.8. The van der Waals surface area contributed by atoms with E-state index in [2.05, 4.69) is 6.58 Å². The molecule has 53 heavy (non-hydrogen) atoms. The molecule has 1 N–H and O–H groups in total. The Morgan fingerprint density at radius 3 is 2.15 bits per heavy atom. The molecule has 0 aliphatic carbocycles. The number of fused-ring (bicyclic) bond motifs is 1. The first-order chi connectivity index (χ1) is 25.6. The summed E-state index contributed by atoms with van der Waals surface area (Å²) in [5.74, 6) is -1.50. The highest BCUT2D eigenvalue weighted by atomic mass is 32.2. The molecule has 9 nitrogen and oxygen atoms in total. The lowest BCUT2D eigenvalue weighted by atomic mass is 9.83. The van der Waals surface area contributed by atoms with E-state index in [0.29, 0.717) is 26.1 Å². The van der Waals surface area contributed by atoms with Crippen LogP contribution in [0, 0.1) is 17.8 Å². The van der Waals surface area contributed by atoms with Gasteiger partial charge in [-0.15, -0.1) is 6.58 Å². The van der Waals surface area contributed by atoms with Crippen LogP contribution in [0.1, 0.15) is 51.2 Å². The predicted molar refractivity (Wildman–Crippen MR) is 204 cm³/mol. The van der Waals surface area contributed by atoms with Gasteiger partial charge >= 0.3 is 5.97 Å². The molecule has 1 saturated heterocycles. The minimum Gasteiger partial charge on any atom is -0.462 e. The van der Waals surface area contributed by atoms with Gasteiger partial charge in [0, 0.05) is 25.7 Å². The van der Waals surface area contributed by atoms with Gasteiger partial charge in [-0.2, -0.15) is 0 Å². The molecule has 1 unspecified atom stereocenters. The molecular weight excluding hydrogens is 693 g/mol. The van der Waals surface area contributed by atoms with Crippen LogP contribution in [0.2, 0.25) is 0 Å². The molecule has 1 fully saturated rings. The topological polar surface area (TPSA) is 118 Å². The van der Waals surface area contributed by atoms with Crippen LogP contribution in [-0.2, 0) is 51.5 Å². The van der Waals surface area contributed by atoms with E-state index in [9.17, 15) is 18.3 Å².